The second-order valence-corrected chi connectivity index (χ2v) is 20.8. The molecule has 2 rings (SSSR count). The summed E-state index contributed by atoms with van der Waals surface area (Å²) in [6.07, 6.45) is 17.0. The molecular weight excluding hydrogens is 384 g/mol. The summed E-state index contributed by atoms with van der Waals surface area (Å²) in [6, 6.07) is 0. The van der Waals surface area contributed by atoms with Crippen molar-refractivity contribution < 1.29 is 4.12 Å². The molecule has 2 saturated carbocycles. The van der Waals surface area contributed by atoms with Crippen molar-refractivity contribution in [1.29, 1.82) is 0 Å². The summed E-state index contributed by atoms with van der Waals surface area (Å²) in [4.78, 5) is 0. The van der Waals surface area contributed by atoms with Crippen molar-refractivity contribution in [2.75, 3.05) is 0 Å². The minimum atomic E-state index is -1.87. The molecule has 0 aliphatic heterocycles. The molecule has 0 aromatic carbocycles. The van der Waals surface area contributed by atoms with Crippen LogP contribution in [0.5, 0.6) is 0 Å². The standard InChI is InChI=1S/C26H54OSi2/c1-9-21(5)28(22(6)10-2,25-17-13-14-18-25)27-29(23(7)11-3,24(8)12-4)26-19-15-16-20-26/h21-26H,9-20H2,1-8H3. The predicted molar refractivity (Wildman–Crippen MR) is 136 cm³/mol. The van der Waals surface area contributed by atoms with Gasteiger partial charge in [0.2, 0.25) is 0 Å². The Bertz CT molecular complexity index is 405. The van der Waals surface area contributed by atoms with E-state index in [-0.39, 0.29) is 0 Å². The first kappa shape index (κ1) is 25.7. The molecule has 4 atom stereocenters. The van der Waals surface area contributed by atoms with E-state index in [9.17, 15) is 0 Å². The van der Waals surface area contributed by atoms with Gasteiger partial charge in [-0.2, -0.15) is 0 Å². The maximum absolute atomic E-state index is 8.28. The fourth-order valence-corrected chi connectivity index (χ4v) is 24.8. The summed E-state index contributed by atoms with van der Waals surface area (Å²) in [5.74, 6) is 0. The van der Waals surface area contributed by atoms with Crippen LogP contribution in [0, 0.1) is 0 Å². The van der Waals surface area contributed by atoms with E-state index in [1.807, 2.05) is 0 Å². The van der Waals surface area contributed by atoms with Gasteiger partial charge >= 0.3 is 0 Å². The lowest BCUT2D eigenvalue weighted by Crippen LogP contribution is -2.62. The minimum absolute atomic E-state index is 0.807. The van der Waals surface area contributed by atoms with Crippen molar-refractivity contribution in [2.45, 2.75) is 166 Å². The van der Waals surface area contributed by atoms with Crippen LogP contribution in [0.4, 0.5) is 0 Å². The van der Waals surface area contributed by atoms with E-state index in [4.69, 9.17) is 4.12 Å². The summed E-state index contributed by atoms with van der Waals surface area (Å²) in [7, 11) is -3.74. The van der Waals surface area contributed by atoms with Crippen LogP contribution in [0.1, 0.15) is 132 Å². The molecule has 0 aromatic rings. The number of hydrogen-bond acceptors (Lipinski definition) is 1. The van der Waals surface area contributed by atoms with Gasteiger partial charge in [-0.1, -0.05) is 132 Å². The van der Waals surface area contributed by atoms with E-state index < -0.39 is 16.6 Å². The third-order valence-electron chi connectivity index (χ3n) is 9.87. The van der Waals surface area contributed by atoms with Gasteiger partial charge in [0, 0.05) is 0 Å². The quantitative estimate of drug-likeness (QED) is 0.275. The lowest BCUT2D eigenvalue weighted by atomic mass is 10.3. The highest BCUT2D eigenvalue weighted by Gasteiger charge is 2.60. The molecule has 2 aliphatic carbocycles. The molecule has 2 fully saturated rings. The molecule has 0 radical (unpaired) electrons. The SMILES string of the molecule is CCC(C)[Si](O[Si](C(C)CC)(C(C)CC)C1CCCC1)(C(C)CC)C1CCCC1. The topological polar surface area (TPSA) is 9.23 Å². The zero-order chi connectivity index (χ0) is 21.7. The molecule has 0 amide bonds. The highest BCUT2D eigenvalue weighted by atomic mass is 28.4. The molecule has 0 bridgehead atoms. The van der Waals surface area contributed by atoms with E-state index in [0.717, 1.165) is 33.2 Å². The van der Waals surface area contributed by atoms with Crippen molar-refractivity contribution in [1.82, 2.24) is 0 Å². The molecule has 2 aliphatic rings. The molecule has 0 spiro atoms. The molecular formula is C26H54OSi2. The van der Waals surface area contributed by atoms with Gasteiger partial charge < -0.3 is 4.12 Å². The first-order chi connectivity index (χ1) is 13.8. The van der Waals surface area contributed by atoms with Gasteiger partial charge in [-0.05, 0) is 33.2 Å². The molecule has 29 heavy (non-hydrogen) atoms. The van der Waals surface area contributed by atoms with E-state index in [1.165, 1.54) is 77.0 Å². The monoisotopic (exact) mass is 438 g/mol. The van der Waals surface area contributed by atoms with Crippen LogP contribution in [-0.4, -0.2) is 16.6 Å². The summed E-state index contributed by atoms with van der Waals surface area (Å²) < 4.78 is 8.28. The Balaban J connectivity index is 2.64. The largest absolute Gasteiger partial charge is 0.454 e. The van der Waals surface area contributed by atoms with Crippen LogP contribution in [0.2, 0.25) is 33.2 Å². The van der Waals surface area contributed by atoms with Gasteiger partial charge in [0.05, 0.1) is 0 Å². The molecule has 0 heterocycles. The smallest absolute Gasteiger partial charge is 0.188 e. The third kappa shape index (κ3) is 4.77. The Hall–Kier alpha value is 0.394. The zero-order valence-corrected chi connectivity index (χ0v) is 23.4. The Morgan fingerprint density at radius 1 is 0.552 bits per heavy atom. The van der Waals surface area contributed by atoms with E-state index in [0.29, 0.717) is 0 Å². The maximum atomic E-state index is 8.28. The van der Waals surface area contributed by atoms with Crippen LogP contribution >= 0.6 is 0 Å². The second-order valence-electron chi connectivity index (χ2n) is 11.0. The summed E-state index contributed by atoms with van der Waals surface area (Å²) in [6.45, 7) is 20.3. The van der Waals surface area contributed by atoms with Crippen molar-refractivity contribution in [3.05, 3.63) is 0 Å². The first-order valence-corrected chi connectivity index (χ1v) is 17.8. The van der Waals surface area contributed by atoms with Gasteiger partial charge in [-0.25, -0.2) is 0 Å². The van der Waals surface area contributed by atoms with Gasteiger partial charge in [0.25, 0.3) is 0 Å². The van der Waals surface area contributed by atoms with Gasteiger partial charge in [-0.15, -0.1) is 0 Å². The lowest BCUT2D eigenvalue weighted by molar-refractivity contribution is 0.392. The maximum Gasteiger partial charge on any atom is 0.188 e. The van der Waals surface area contributed by atoms with Crippen LogP contribution in [0.15, 0.2) is 0 Å². The van der Waals surface area contributed by atoms with E-state index >= 15 is 0 Å². The van der Waals surface area contributed by atoms with Crippen molar-refractivity contribution in [2.24, 2.45) is 0 Å². The van der Waals surface area contributed by atoms with Crippen molar-refractivity contribution in [3.8, 4) is 0 Å². The molecule has 172 valence electrons. The molecule has 0 N–H and O–H groups in total. The van der Waals surface area contributed by atoms with Gasteiger partial charge in [-0.3, -0.25) is 0 Å². The number of hydrogen-bond donors (Lipinski definition) is 0. The van der Waals surface area contributed by atoms with Gasteiger partial charge in [0.15, 0.2) is 16.6 Å². The number of rotatable bonds is 12. The Morgan fingerprint density at radius 2 is 0.793 bits per heavy atom. The highest BCUT2D eigenvalue weighted by molar-refractivity contribution is 6.91. The highest BCUT2D eigenvalue weighted by Crippen LogP contribution is 2.60. The van der Waals surface area contributed by atoms with Crippen LogP contribution in [0.3, 0.4) is 0 Å². The van der Waals surface area contributed by atoms with Crippen LogP contribution in [-0.2, 0) is 4.12 Å². The zero-order valence-electron chi connectivity index (χ0n) is 21.4. The summed E-state index contributed by atoms with van der Waals surface area (Å²) in [5, 5.41) is 0. The first-order valence-electron chi connectivity index (χ1n) is 13.5. The third-order valence-corrected chi connectivity index (χ3v) is 24.2. The molecule has 0 saturated heterocycles. The lowest BCUT2D eigenvalue weighted by Gasteiger charge is -2.56. The van der Waals surface area contributed by atoms with Crippen molar-refractivity contribution in [3.63, 3.8) is 0 Å². The Morgan fingerprint density at radius 3 is 1.00 bits per heavy atom. The Kier molecular flexibility index (Phi) is 10.0. The van der Waals surface area contributed by atoms with Crippen molar-refractivity contribution >= 4 is 16.6 Å². The fraction of sp³-hybridized carbons (Fsp3) is 1.00. The van der Waals surface area contributed by atoms with E-state index in [1.54, 1.807) is 0 Å². The Labute approximate surface area is 186 Å². The molecule has 4 unspecified atom stereocenters. The van der Waals surface area contributed by atoms with E-state index in [2.05, 4.69) is 55.4 Å². The predicted octanol–water partition coefficient (Wildman–Crippen LogP) is 9.98. The molecule has 3 heteroatoms. The van der Waals surface area contributed by atoms with Crippen LogP contribution in [0.25, 0.3) is 0 Å². The average Bonchev–Trinajstić information content (AvgIpc) is 3.47. The second kappa shape index (κ2) is 11.3. The van der Waals surface area contributed by atoms with Crippen LogP contribution < -0.4 is 0 Å². The average molecular weight is 439 g/mol. The summed E-state index contributed by atoms with van der Waals surface area (Å²) >= 11 is 0. The molecule has 1 nitrogen and oxygen atoms in total. The summed E-state index contributed by atoms with van der Waals surface area (Å²) in [5.41, 5.74) is 5.08. The fourth-order valence-electron chi connectivity index (χ4n) is 7.49. The molecule has 0 aromatic heterocycles. The normalized spacial score (nSPS) is 27.3. The minimum Gasteiger partial charge on any atom is -0.454 e. The van der Waals surface area contributed by atoms with Gasteiger partial charge in [0.1, 0.15) is 0 Å².